The molecule has 1 aromatic heterocycles. The number of benzene rings is 1. The molecule has 0 bridgehead atoms. The second-order valence-electron chi connectivity index (χ2n) is 7.08. The highest BCUT2D eigenvalue weighted by molar-refractivity contribution is 8.18. The number of nitrogens with zero attached hydrogens (tertiary/aromatic N) is 2. The minimum absolute atomic E-state index is 0.175. The molecule has 7 heteroatoms. The Labute approximate surface area is 174 Å². The van der Waals surface area contributed by atoms with Crippen molar-refractivity contribution < 1.29 is 19.1 Å². The highest BCUT2D eigenvalue weighted by Crippen LogP contribution is 2.34. The second-order valence-corrected chi connectivity index (χ2v) is 8.07. The van der Waals surface area contributed by atoms with E-state index in [9.17, 15) is 14.4 Å². The summed E-state index contributed by atoms with van der Waals surface area (Å²) in [5.74, 6) is -0.622. The molecule has 0 atom stereocenters. The number of imide groups is 1. The summed E-state index contributed by atoms with van der Waals surface area (Å²) in [6.45, 7) is 9.64. The Bertz CT molecular complexity index is 1020. The van der Waals surface area contributed by atoms with Gasteiger partial charge in [-0.2, -0.15) is 0 Å². The highest BCUT2D eigenvalue weighted by Gasteiger charge is 2.36. The van der Waals surface area contributed by atoms with Crippen molar-refractivity contribution in [2.45, 2.75) is 40.7 Å². The molecule has 2 aromatic rings. The van der Waals surface area contributed by atoms with Crippen LogP contribution in [-0.4, -0.2) is 39.2 Å². The van der Waals surface area contributed by atoms with E-state index >= 15 is 0 Å². The standard InChI is InChI=1S/C22H24N2O4S/c1-6-28-21(26)16-8-7-9-18(11-16)24-14(4)10-17(15(24)5)12-19-20(25)23(13(2)3)22(27)29-19/h7-13H,6H2,1-5H3/b19-12+. The lowest BCUT2D eigenvalue weighted by atomic mass is 10.2. The van der Waals surface area contributed by atoms with Crippen molar-refractivity contribution in [2.75, 3.05) is 6.61 Å². The van der Waals surface area contributed by atoms with Gasteiger partial charge in [-0.05, 0) is 82.3 Å². The number of hydrogen-bond donors (Lipinski definition) is 0. The van der Waals surface area contributed by atoms with Crippen molar-refractivity contribution in [1.82, 2.24) is 9.47 Å². The number of rotatable bonds is 5. The van der Waals surface area contributed by atoms with E-state index < -0.39 is 0 Å². The Morgan fingerprint density at radius 3 is 2.55 bits per heavy atom. The van der Waals surface area contributed by atoms with Gasteiger partial charge in [-0.15, -0.1) is 0 Å². The fourth-order valence-corrected chi connectivity index (χ4v) is 4.34. The lowest BCUT2D eigenvalue weighted by molar-refractivity contribution is -0.123. The van der Waals surface area contributed by atoms with Crippen molar-refractivity contribution in [2.24, 2.45) is 0 Å². The zero-order valence-corrected chi connectivity index (χ0v) is 18.0. The number of aromatic nitrogens is 1. The largest absolute Gasteiger partial charge is 0.462 e. The molecule has 1 saturated heterocycles. The zero-order valence-electron chi connectivity index (χ0n) is 17.2. The first kappa shape index (κ1) is 20.9. The minimum Gasteiger partial charge on any atom is -0.462 e. The quantitative estimate of drug-likeness (QED) is 0.525. The Hall–Kier alpha value is -2.80. The van der Waals surface area contributed by atoms with Crippen LogP contribution in [0.25, 0.3) is 11.8 Å². The van der Waals surface area contributed by atoms with Crippen LogP contribution in [0.2, 0.25) is 0 Å². The molecule has 1 fully saturated rings. The molecule has 0 unspecified atom stereocenters. The molecule has 1 aromatic carbocycles. The van der Waals surface area contributed by atoms with E-state index in [1.165, 1.54) is 4.90 Å². The summed E-state index contributed by atoms with van der Waals surface area (Å²) in [6, 6.07) is 9.03. The number of aryl methyl sites for hydroxylation is 1. The molecule has 1 aliphatic rings. The molecule has 0 radical (unpaired) electrons. The van der Waals surface area contributed by atoms with Crippen LogP contribution in [0, 0.1) is 13.8 Å². The number of thioether (sulfide) groups is 1. The van der Waals surface area contributed by atoms with Crippen molar-refractivity contribution in [3.63, 3.8) is 0 Å². The Morgan fingerprint density at radius 2 is 1.93 bits per heavy atom. The van der Waals surface area contributed by atoms with E-state index in [0.29, 0.717) is 17.1 Å². The Kier molecular flexibility index (Phi) is 5.98. The SMILES string of the molecule is CCOC(=O)c1cccc(-n2c(C)cc(/C=C3/SC(=O)N(C(C)C)C3=O)c2C)c1. The molecule has 1 aliphatic heterocycles. The maximum absolute atomic E-state index is 12.6. The third kappa shape index (κ3) is 4.00. The lowest BCUT2D eigenvalue weighted by Gasteiger charge is -2.16. The monoisotopic (exact) mass is 412 g/mol. The van der Waals surface area contributed by atoms with Crippen molar-refractivity contribution in [3.05, 3.63) is 57.8 Å². The van der Waals surface area contributed by atoms with Crippen LogP contribution in [0.4, 0.5) is 4.79 Å². The summed E-state index contributed by atoms with van der Waals surface area (Å²) >= 11 is 0.965. The fraction of sp³-hybridized carbons (Fsp3) is 0.318. The van der Waals surface area contributed by atoms with Crippen LogP contribution in [0.15, 0.2) is 35.2 Å². The van der Waals surface area contributed by atoms with Crippen LogP contribution >= 0.6 is 11.8 Å². The average molecular weight is 413 g/mol. The Morgan fingerprint density at radius 1 is 1.21 bits per heavy atom. The van der Waals surface area contributed by atoms with Crippen molar-refractivity contribution in [1.29, 1.82) is 0 Å². The predicted octanol–water partition coefficient (Wildman–Crippen LogP) is 4.72. The summed E-state index contributed by atoms with van der Waals surface area (Å²) in [5, 5.41) is -0.243. The van der Waals surface area contributed by atoms with Gasteiger partial charge in [-0.3, -0.25) is 14.5 Å². The summed E-state index contributed by atoms with van der Waals surface area (Å²) in [5.41, 5.74) is 4.05. The molecule has 152 valence electrons. The van der Waals surface area contributed by atoms with Gasteiger partial charge in [0.25, 0.3) is 11.1 Å². The normalized spacial score (nSPS) is 15.7. The van der Waals surface area contributed by atoms with Gasteiger partial charge in [0.1, 0.15) is 0 Å². The molecule has 2 heterocycles. The van der Waals surface area contributed by atoms with Gasteiger partial charge in [0, 0.05) is 23.1 Å². The number of amides is 2. The van der Waals surface area contributed by atoms with Gasteiger partial charge in [0.15, 0.2) is 0 Å². The molecule has 0 N–H and O–H groups in total. The highest BCUT2D eigenvalue weighted by atomic mass is 32.2. The predicted molar refractivity (Wildman–Crippen MR) is 114 cm³/mol. The van der Waals surface area contributed by atoms with E-state index in [-0.39, 0.29) is 23.2 Å². The van der Waals surface area contributed by atoms with Crippen LogP contribution < -0.4 is 0 Å². The summed E-state index contributed by atoms with van der Waals surface area (Å²) in [4.78, 5) is 38.5. The number of esters is 1. The molecular formula is C22H24N2O4S. The van der Waals surface area contributed by atoms with Crippen LogP contribution in [0.1, 0.15) is 48.1 Å². The van der Waals surface area contributed by atoms with Gasteiger partial charge in [-0.1, -0.05) is 6.07 Å². The lowest BCUT2D eigenvalue weighted by Crippen LogP contribution is -2.34. The third-order valence-electron chi connectivity index (χ3n) is 4.71. The molecule has 29 heavy (non-hydrogen) atoms. The van der Waals surface area contributed by atoms with E-state index in [4.69, 9.17) is 4.74 Å². The van der Waals surface area contributed by atoms with E-state index in [1.807, 2.05) is 50.5 Å². The molecule has 2 amide bonds. The molecule has 0 spiro atoms. The first-order valence-electron chi connectivity index (χ1n) is 9.48. The number of carbonyl (C=O) groups is 3. The van der Waals surface area contributed by atoms with E-state index in [2.05, 4.69) is 0 Å². The van der Waals surface area contributed by atoms with Gasteiger partial charge in [0.2, 0.25) is 0 Å². The van der Waals surface area contributed by atoms with Gasteiger partial charge in [-0.25, -0.2) is 4.79 Å². The van der Waals surface area contributed by atoms with Gasteiger partial charge >= 0.3 is 5.97 Å². The number of carbonyl (C=O) groups excluding carboxylic acids is 3. The Balaban J connectivity index is 1.99. The zero-order chi connectivity index (χ0) is 21.3. The molecule has 0 aliphatic carbocycles. The molecular weight excluding hydrogens is 388 g/mol. The third-order valence-corrected chi connectivity index (χ3v) is 5.60. The maximum atomic E-state index is 12.6. The minimum atomic E-state index is -0.362. The molecule has 6 nitrogen and oxygen atoms in total. The summed E-state index contributed by atoms with van der Waals surface area (Å²) in [6.07, 6.45) is 1.77. The van der Waals surface area contributed by atoms with Crippen LogP contribution in [-0.2, 0) is 9.53 Å². The summed E-state index contributed by atoms with van der Waals surface area (Å²) < 4.78 is 7.10. The van der Waals surface area contributed by atoms with Gasteiger partial charge in [0.05, 0.1) is 17.1 Å². The fourth-order valence-electron chi connectivity index (χ4n) is 3.38. The van der Waals surface area contributed by atoms with Crippen molar-refractivity contribution >= 4 is 35.0 Å². The van der Waals surface area contributed by atoms with Crippen LogP contribution in [0.5, 0.6) is 0 Å². The molecule has 3 rings (SSSR count). The van der Waals surface area contributed by atoms with E-state index in [0.717, 1.165) is 34.4 Å². The number of hydrogen-bond acceptors (Lipinski definition) is 5. The van der Waals surface area contributed by atoms with Gasteiger partial charge < -0.3 is 9.30 Å². The summed E-state index contributed by atoms with van der Waals surface area (Å²) in [7, 11) is 0. The number of ether oxygens (including phenoxy) is 1. The van der Waals surface area contributed by atoms with E-state index in [1.54, 1.807) is 25.1 Å². The maximum Gasteiger partial charge on any atom is 0.338 e. The first-order valence-corrected chi connectivity index (χ1v) is 10.3. The molecule has 0 saturated carbocycles. The van der Waals surface area contributed by atoms with Crippen molar-refractivity contribution in [3.8, 4) is 5.69 Å². The average Bonchev–Trinajstić information content (AvgIpc) is 3.10. The first-order chi connectivity index (χ1) is 13.7. The van der Waals surface area contributed by atoms with Crippen LogP contribution in [0.3, 0.4) is 0 Å². The second kappa shape index (κ2) is 8.29. The topological polar surface area (TPSA) is 68.6 Å². The smallest absolute Gasteiger partial charge is 0.338 e.